The molecule has 0 radical (unpaired) electrons. The third-order valence-corrected chi connectivity index (χ3v) is 5.20. The van der Waals surface area contributed by atoms with E-state index >= 15 is 0 Å². The third kappa shape index (κ3) is 4.33. The van der Waals surface area contributed by atoms with Crippen molar-refractivity contribution in [3.05, 3.63) is 107 Å². The number of aryl methyl sites for hydroxylation is 1. The number of hydrogen-bond acceptors (Lipinski definition) is 3. The summed E-state index contributed by atoms with van der Waals surface area (Å²) in [5.41, 5.74) is 6.40. The first-order valence-electron chi connectivity index (χ1n) is 10.0. The molecule has 0 saturated carbocycles. The van der Waals surface area contributed by atoms with Gasteiger partial charge in [-0.05, 0) is 29.7 Å². The van der Waals surface area contributed by atoms with Crippen LogP contribution in [0.3, 0.4) is 0 Å². The zero-order valence-electron chi connectivity index (χ0n) is 17.2. The van der Waals surface area contributed by atoms with Gasteiger partial charge in [-0.25, -0.2) is 4.79 Å². The second kappa shape index (κ2) is 8.78. The lowest BCUT2D eigenvalue weighted by molar-refractivity contribution is -0.140. The highest BCUT2D eigenvalue weighted by Crippen LogP contribution is 2.25. The summed E-state index contributed by atoms with van der Waals surface area (Å²) in [6.45, 7) is 4.21. The number of oxime groups is 1. The summed E-state index contributed by atoms with van der Waals surface area (Å²) in [4.78, 5) is 16.6. The van der Waals surface area contributed by atoms with Gasteiger partial charge in [-0.2, -0.15) is 0 Å². The Labute approximate surface area is 176 Å². The molecule has 0 fully saturated rings. The molecule has 0 spiro atoms. The predicted octanol–water partition coefficient (Wildman–Crippen LogP) is 5.51. The van der Waals surface area contributed by atoms with Crippen molar-refractivity contribution in [2.75, 3.05) is 0 Å². The molecular weight excluding hydrogens is 372 g/mol. The summed E-state index contributed by atoms with van der Waals surface area (Å²) < 4.78 is 2.22. The standard InChI is InChI=1S/C26H24N2O2/c1-19-10-6-7-13-22(19)16-25(27-30-20(2)29)24-18-28(17-21-11-4-3-5-12-21)26-15-9-8-14-23(24)26/h3-15,18H,16-17H2,1-2H3/b27-25+. The Morgan fingerprint density at radius 3 is 2.40 bits per heavy atom. The van der Waals surface area contributed by atoms with Crippen LogP contribution in [0.15, 0.2) is 90.2 Å². The van der Waals surface area contributed by atoms with Gasteiger partial charge in [0.05, 0.1) is 5.71 Å². The molecule has 1 aromatic heterocycles. The fourth-order valence-corrected chi connectivity index (χ4v) is 3.67. The molecule has 4 heteroatoms. The van der Waals surface area contributed by atoms with Crippen molar-refractivity contribution >= 4 is 22.6 Å². The molecule has 0 atom stereocenters. The minimum atomic E-state index is -0.426. The third-order valence-electron chi connectivity index (χ3n) is 5.20. The van der Waals surface area contributed by atoms with E-state index in [0.29, 0.717) is 6.42 Å². The van der Waals surface area contributed by atoms with Crippen molar-refractivity contribution in [1.29, 1.82) is 0 Å². The molecular formula is C26H24N2O2. The van der Waals surface area contributed by atoms with Crippen molar-refractivity contribution in [3.8, 4) is 0 Å². The highest BCUT2D eigenvalue weighted by molar-refractivity contribution is 6.11. The molecule has 0 unspecified atom stereocenters. The van der Waals surface area contributed by atoms with Crippen LogP contribution in [0.25, 0.3) is 10.9 Å². The number of carbonyl (C=O) groups excluding carboxylic acids is 1. The van der Waals surface area contributed by atoms with Crippen LogP contribution < -0.4 is 0 Å². The molecule has 0 saturated heterocycles. The summed E-state index contributed by atoms with van der Waals surface area (Å²) in [7, 11) is 0. The first-order chi connectivity index (χ1) is 14.6. The maximum absolute atomic E-state index is 11.5. The molecule has 4 aromatic rings. The predicted molar refractivity (Wildman–Crippen MR) is 121 cm³/mol. The van der Waals surface area contributed by atoms with Gasteiger partial charge in [0.2, 0.25) is 0 Å². The highest BCUT2D eigenvalue weighted by Gasteiger charge is 2.16. The fourth-order valence-electron chi connectivity index (χ4n) is 3.67. The average Bonchev–Trinajstić information content (AvgIpc) is 3.11. The maximum atomic E-state index is 11.5. The van der Waals surface area contributed by atoms with Gasteiger partial charge in [0.25, 0.3) is 0 Å². The first kappa shape index (κ1) is 19.6. The lowest BCUT2D eigenvalue weighted by atomic mass is 9.98. The summed E-state index contributed by atoms with van der Waals surface area (Å²) in [5, 5.41) is 5.34. The highest BCUT2D eigenvalue weighted by atomic mass is 16.7. The minimum absolute atomic E-state index is 0.426. The Hall–Kier alpha value is -3.66. The molecule has 1 heterocycles. The van der Waals surface area contributed by atoms with Gasteiger partial charge in [-0.15, -0.1) is 0 Å². The van der Waals surface area contributed by atoms with E-state index in [1.165, 1.54) is 18.1 Å². The second-order valence-electron chi connectivity index (χ2n) is 7.40. The Balaban J connectivity index is 1.80. The molecule has 0 N–H and O–H groups in total. The molecule has 0 aliphatic rings. The number of para-hydroxylation sites is 1. The van der Waals surface area contributed by atoms with Crippen LogP contribution in [-0.4, -0.2) is 16.2 Å². The minimum Gasteiger partial charge on any atom is -0.342 e. The molecule has 4 nitrogen and oxygen atoms in total. The van der Waals surface area contributed by atoms with Crippen LogP contribution in [0.5, 0.6) is 0 Å². The zero-order valence-corrected chi connectivity index (χ0v) is 17.2. The summed E-state index contributed by atoms with van der Waals surface area (Å²) in [6, 6.07) is 26.8. The Bertz CT molecular complexity index is 1210. The molecule has 30 heavy (non-hydrogen) atoms. The molecule has 150 valence electrons. The number of hydrogen-bond donors (Lipinski definition) is 0. The van der Waals surface area contributed by atoms with E-state index in [1.54, 1.807) is 0 Å². The van der Waals surface area contributed by atoms with Gasteiger partial charge in [-0.3, -0.25) is 0 Å². The zero-order chi connectivity index (χ0) is 20.9. The normalized spacial score (nSPS) is 11.6. The number of carbonyl (C=O) groups is 1. The van der Waals surface area contributed by atoms with E-state index in [2.05, 4.69) is 59.2 Å². The molecule has 0 bridgehead atoms. The van der Waals surface area contributed by atoms with Crippen LogP contribution >= 0.6 is 0 Å². The number of rotatable bonds is 6. The number of benzene rings is 3. The Morgan fingerprint density at radius 2 is 1.63 bits per heavy atom. The SMILES string of the molecule is CC(=O)O/N=C(\Cc1ccccc1C)c1cn(Cc2ccccc2)c2ccccc12. The topological polar surface area (TPSA) is 43.6 Å². The van der Waals surface area contributed by atoms with Crippen molar-refractivity contribution in [2.24, 2.45) is 5.16 Å². The molecule has 3 aromatic carbocycles. The largest absolute Gasteiger partial charge is 0.342 e. The van der Waals surface area contributed by atoms with E-state index in [1.807, 2.05) is 42.5 Å². The quantitative estimate of drug-likeness (QED) is 0.245. The van der Waals surface area contributed by atoms with E-state index in [4.69, 9.17) is 4.84 Å². The number of nitrogens with zero attached hydrogens (tertiary/aromatic N) is 2. The van der Waals surface area contributed by atoms with Crippen LogP contribution in [-0.2, 0) is 22.6 Å². The van der Waals surface area contributed by atoms with Crippen molar-refractivity contribution in [2.45, 2.75) is 26.8 Å². The Morgan fingerprint density at radius 1 is 0.933 bits per heavy atom. The second-order valence-corrected chi connectivity index (χ2v) is 7.40. The summed E-state index contributed by atoms with van der Waals surface area (Å²) >= 11 is 0. The van der Waals surface area contributed by atoms with Gasteiger partial charge < -0.3 is 9.40 Å². The van der Waals surface area contributed by atoms with Gasteiger partial charge >= 0.3 is 5.97 Å². The Kier molecular flexibility index (Phi) is 5.75. The molecule has 0 aliphatic heterocycles. The van der Waals surface area contributed by atoms with Gasteiger partial charge in [-0.1, -0.05) is 78.0 Å². The summed E-state index contributed by atoms with van der Waals surface area (Å²) in [6.07, 6.45) is 2.69. The monoisotopic (exact) mass is 396 g/mol. The van der Waals surface area contributed by atoms with E-state index in [9.17, 15) is 4.79 Å². The number of fused-ring (bicyclic) bond motifs is 1. The molecule has 4 rings (SSSR count). The maximum Gasteiger partial charge on any atom is 0.331 e. The molecule has 0 aliphatic carbocycles. The lowest BCUT2D eigenvalue weighted by Gasteiger charge is -2.08. The van der Waals surface area contributed by atoms with Gasteiger partial charge in [0.1, 0.15) is 0 Å². The summed E-state index contributed by atoms with van der Waals surface area (Å²) in [5.74, 6) is -0.426. The van der Waals surface area contributed by atoms with Crippen LogP contribution in [0.4, 0.5) is 0 Å². The fraction of sp³-hybridized carbons (Fsp3) is 0.154. The van der Waals surface area contributed by atoms with Crippen molar-refractivity contribution in [1.82, 2.24) is 4.57 Å². The van der Waals surface area contributed by atoms with Crippen molar-refractivity contribution in [3.63, 3.8) is 0 Å². The van der Waals surface area contributed by atoms with Crippen molar-refractivity contribution < 1.29 is 9.63 Å². The molecule has 0 amide bonds. The van der Waals surface area contributed by atoms with E-state index in [-0.39, 0.29) is 0 Å². The van der Waals surface area contributed by atoms with E-state index in [0.717, 1.165) is 34.3 Å². The van der Waals surface area contributed by atoms with Crippen LogP contribution in [0, 0.1) is 6.92 Å². The average molecular weight is 396 g/mol. The van der Waals surface area contributed by atoms with Crippen LogP contribution in [0.2, 0.25) is 0 Å². The van der Waals surface area contributed by atoms with Gasteiger partial charge in [0.15, 0.2) is 0 Å². The first-order valence-corrected chi connectivity index (χ1v) is 10.0. The van der Waals surface area contributed by atoms with Gasteiger partial charge in [0, 0.05) is 42.6 Å². The number of aromatic nitrogens is 1. The smallest absolute Gasteiger partial charge is 0.331 e. The van der Waals surface area contributed by atoms with E-state index < -0.39 is 5.97 Å². The lowest BCUT2D eigenvalue weighted by Crippen LogP contribution is -2.09. The van der Waals surface area contributed by atoms with Crippen LogP contribution in [0.1, 0.15) is 29.2 Å².